The molecule has 10 heteroatoms. The molecule has 164 valence electrons. The normalized spacial score (nSPS) is 17.2. The quantitative estimate of drug-likeness (QED) is 0.182. The van der Waals surface area contributed by atoms with Crippen molar-refractivity contribution in [2.45, 2.75) is 31.9 Å². The minimum atomic E-state index is -0.511. The van der Waals surface area contributed by atoms with E-state index in [2.05, 4.69) is 32.6 Å². The molecule has 0 saturated carbocycles. The summed E-state index contributed by atoms with van der Waals surface area (Å²) in [6.07, 6.45) is 1.52. The fourth-order valence-corrected chi connectivity index (χ4v) is 5.03. The topological polar surface area (TPSA) is 90.2 Å². The summed E-state index contributed by atoms with van der Waals surface area (Å²) < 4.78 is 18.8. The molecule has 0 spiro atoms. The van der Waals surface area contributed by atoms with Crippen molar-refractivity contribution in [2.75, 3.05) is 36.6 Å². The number of ether oxygens (including phenoxy) is 3. The van der Waals surface area contributed by atoms with Crippen molar-refractivity contribution in [2.24, 2.45) is 4.99 Å². The second-order valence-corrected chi connectivity index (χ2v) is 9.81. The van der Waals surface area contributed by atoms with Crippen LogP contribution in [0, 0.1) is 0 Å². The van der Waals surface area contributed by atoms with Crippen molar-refractivity contribution in [3.8, 4) is 5.75 Å². The molecular weight excluding hydrogens is 539 g/mol. The molecule has 1 aromatic heterocycles. The van der Waals surface area contributed by atoms with Crippen LogP contribution in [0.1, 0.15) is 24.8 Å². The number of aliphatic hydroxyl groups is 1. The first kappa shape index (κ1) is 23.7. The number of carbonyl (C=O) groups is 1. The highest BCUT2D eigenvalue weighted by Crippen LogP contribution is 2.32. The summed E-state index contributed by atoms with van der Waals surface area (Å²) in [5.41, 5.74) is 0.881. The van der Waals surface area contributed by atoms with E-state index in [1.54, 1.807) is 0 Å². The lowest BCUT2D eigenvalue weighted by Gasteiger charge is -2.13. The zero-order valence-corrected chi connectivity index (χ0v) is 20.5. The van der Waals surface area contributed by atoms with Crippen LogP contribution in [0.15, 0.2) is 23.2 Å². The Balaban J connectivity index is 1.59. The van der Waals surface area contributed by atoms with E-state index in [9.17, 15) is 4.79 Å². The molecule has 1 aliphatic heterocycles. The second kappa shape index (κ2) is 12.2. The molecule has 1 unspecified atom stereocenters. The number of carbonyl (C=O) groups excluding carboxylic acids is 1. The number of hydrogen-bond acceptors (Lipinski definition) is 9. The highest BCUT2D eigenvalue weighted by atomic mass is 127. The monoisotopic (exact) mass is 564 g/mol. The molecule has 0 aliphatic carbocycles. The van der Waals surface area contributed by atoms with Crippen LogP contribution >= 0.6 is 45.7 Å². The molecular formula is C20H25IN2O5S2. The number of thiazole rings is 1. The molecule has 1 aromatic carbocycles. The van der Waals surface area contributed by atoms with Crippen LogP contribution in [0.5, 0.6) is 5.75 Å². The van der Waals surface area contributed by atoms with Gasteiger partial charge < -0.3 is 19.3 Å². The minimum Gasteiger partial charge on any atom is -0.491 e. The highest BCUT2D eigenvalue weighted by molar-refractivity contribution is 14.1. The molecule has 7 nitrogen and oxygen atoms in total. The van der Waals surface area contributed by atoms with Gasteiger partial charge in [0.1, 0.15) is 22.4 Å². The molecule has 2 atom stereocenters. The number of benzene rings is 1. The lowest BCUT2D eigenvalue weighted by Crippen LogP contribution is -2.22. The number of alkyl halides is 1. The fourth-order valence-electron chi connectivity index (χ4n) is 2.63. The molecule has 1 aliphatic rings. The summed E-state index contributed by atoms with van der Waals surface area (Å²) in [4.78, 5) is 21.2. The Morgan fingerprint density at radius 3 is 3.03 bits per heavy atom. The molecule has 2 heterocycles. The SMILES string of the molecule is C[C@@H](COc1ccc2nc(C3=NC(C(=O)OCCCO)CS3)sc2c1)OCCCI. The number of rotatable bonds is 12. The fraction of sp³-hybridized carbons (Fsp3) is 0.550. The number of aliphatic imine (C=N–C) groups is 1. The van der Waals surface area contributed by atoms with Crippen molar-refractivity contribution in [3.05, 3.63) is 23.2 Å². The van der Waals surface area contributed by atoms with Crippen LogP contribution in [0.25, 0.3) is 10.2 Å². The highest BCUT2D eigenvalue weighted by Gasteiger charge is 2.28. The van der Waals surface area contributed by atoms with Crippen LogP contribution in [-0.2, 0) is 14.3 Å². The van der Waals surface area contributed by atoms with Crippen LogP contribution in [0.2, 0.25) is 0 Å². The summed E-state index contributed by atoms with van der Waals surface area (Å²) >= 11 is 5.39. The molecule has 0 fully saturated rings. The first-order valence-corrected chi connectivity index (χ1v) is 13.1. The van der Waals surface area contributed by atoms with E-state index < -0.39 is 6.04 Å². The van der Waals surface area contributed by atoms with E-state index in [0.717, 1.165) is 43.5 Å². The second-order valence-electron chi connectivity index (χ2n) is 6.69. The van der Waals surface area contributed by atoms with Crippen molar-refractivity contribution >= 4 is 66.9 Å². The van der Waals surface area contributed by atoms with Gasteiger partial charge in [0.25, 0.3) is 0 Å². The van der Waals surface area contributed by atoms with Gasteiger partial charge in [-0.15, -0.1) is 23.1 Å². The maximum atomic E-state index is 12.1. The van der Waals surface area contributed by atoms with Crippen molar-refractivity contribution < 1.29 is 24.1 Å². The number of aromatic nitrogens is 1. The predicted molar refractivity (Wildman–Crippen MR) is 129 cm³/mol. The van der Waals surface area contributed by atoms with E-state index in [1.165, 1.54) is 23.1 Å². The maximum absolute atomic E-state index is 12.1. The van der Waals surface area contributed by atoms with Crippen molar-refractivity contribution in [1.29, 1.82) is 0 Å². The number of esters is 1. The van der Waals surface area contributed by atoms with E-state index >= 15 is 0 Å². The molecule has 2 aromatic rings. The lowest BCUT2D eigenvalue weighted by atomic mass is 10.3. The summed E-state index contributed by atoms with van der Waals surface area (Å²) in [7, 11) is 0. The number of thioether (sulfide) groups is 1. The van der Waals surface area contributed by atoms with Gasteiger partial charge in [-0.3, -0.25) is 4.99 Å². The molecule has 3 rings (SSSR count). The van der Waals surface area contributed by atoms with Gasteiger partial charge >= 0.3 is 5.97 Å². The average molecular weight is 564 g/mol. The Hall–Kier alpha value is -0.950. The van der Waals surface area contributed by atoms with Crippen LogP contribution in [0.4, 0.5) is 0 Å². The van der Waals surface area contributed by atoms with E-state index in [1.807, 2.05) is 25.1 Å². The van der Waals surface area contributed by atoms with Gasteiger partial charge in [0.05, 0.1) is 22.9 Å². The number of halogens is 1. The van der Waals surface area contributed by atoms with Gasteiger partial charge in [-0.05, 0) is 31.5 Å². The van der Waals surface area contributed by atoms with Crippen molar-refractivity contribution in [1.82, 2.24) is 4.98 Å². The Kier molecular flexibility index (Phi) is 9.63. The van der Waals surface area contributed by atoms with E-state index in [4.69, 9.17) is 19.3 Å². The lowest BCUT2D eigenvalue weighted by molar-refractivity contribution is -0.144. The van der Waals surface area contributed by atoms with E-state index in [-0.39, 0.29) is 25.3 Å². The maximum Gasteiger partial charge on any atom is 0.331 e. The summed E-state index contributed by atoms with van der Waals surface area (Å²) in [6.45, 7) is 3.48. The molecule has 0 saturated heterocycles. The van der Waals surface area contributed by atoms with E-state index in [0.29, 0.717) is 18.8 Å². The standard InChI is InChI=1S/C20H25IN2O5S2/c1-13(26-8-2-6-21)11-28-14-4-5-15-17(10-14)30-19(22-15)18-23-16(12-29-18)20(25)27-9-3-7-24/h4-5,10,13,16,24H,2-3,6-9,11-12H2,1H3/t13-,16?/m0/s1. The van der Waals surface area contributed by atoms with Crippen molar-refractivity contribution in [3.63, 3.8) is 0 Å². The third-order valence-electron chi connectivity index (χ3n) is 4.18. The average Bonchev–Trinajstić information content (AvgIpc) is 3.39. The number of fused-ring (bicyclic) bond motifs is 1. The first-order valence-electron chi connectivity index (χ1n) is 9.80. The largest absolute Gasteiger partial charge is 0.491 e. The Morgan fingerprint density at radius 1 is 1.37 bits per heavy atom. The number of aliphatic hydroxyl groups excluding tert-OH is 1. The molecule has 1 N–H and O–H groups in total. The first-order chi connectivity index (χ1) is 14.6. The predicted octanol–water partition coefficient (Wildman–Crippen LogP) is 3.69. The number of hydrogen-bond donors (Lipinski definition) is 1. The molecule has 0 amide bonds. The third-order valence-corrected chi connectivity index (χ3v) is 7.15. The zero-order chi connectivity index (χ0) is 21.3. The Bertz CT molecular complexity index is 876. The summed E-state index contributed by atoms with van der Waals surface area (Å²) in [5.74, 6) is 0.985. The van der Waals surface area contributed by atoms with Crippen LogP contribution in [0.3, 0.4) is 0 Å². The van der Waals surface area contributed by atoms with Gasteiger partial charge in [-0.2, -0.15) is 0 Å². The summed E-state index contributed by atoms with van der Waals surface area (Å²) in [6, 6.07) is 5.32. The minimum absolute atomic E-state index is 0.00312. The molecule has 30 heavy (non-hydrogen) atoms. The Morgan fingerprint density at radius 2 is 2.23 bits per heavy atom. The zero-order valence-electron chi connectivity index (χ0n) is 16.7. The van der Waals surface area contributed by atoms with Gasteiger partial charge in [-0.25, -0.2) is 9.78 Å². The number of nitrogens with zero attached hydrogens (tertiary/aromatic N) is 2. The van der Waals surface area contributed by atoms with Gasteiger partial charge in [-0.1, -0.05) is 22.6 Å². The van der Waals surface area contributed by atoms with Gasteiger partial charge in [0.2, 0.25) is 0 Å². The van der Waals surface area contributed by atoms with Crippen LogP contribution < -0.4 is 4.74 Å². The smallest absolute Gasteiger partial charge is 0.331 e. The van der Waals surface area contributed by atoms with Gasteiger partial charge in [0, 0.05) is 29.8 Å². The Labute approximate surface area is 197 Å². The van der Waals surface area contributed by atoms with Crippen LogP contribution in [-0.4, -0.2) is 69.9 Å². The summed E-state index contributed by atoms with van der Waals surface area (Å²) in [5, 5.41) is 10.3. The molecule has 0 bridgehead atoms. The molecule has 0 radical (unpaired) electrons. The van der Waals surface area contributed by atoms with Gasteiger partial charge in [0.15, 0.2) is 6.04 Å². The third kappa shape index (κ3) is 6.78.